The van der Waals surface area contributed by atoms with Crippen LogP contribution in [0.15, 0.2) is 17.1 Å². The number of anilines is 1. The molecule has 1 unspecified atom stereocenters. The average molecular weight is 374 g/mol. The maximum Gasteiger partial charge on any atom is 0.268 e. The fraction of sp³-hybridized carbons (Fsp3) is 0.750. The molecule has 7 heteroatoms. The lowest BCUT2D eigenvalue weighted by Gasteiger charge is -2.37. The van der Waals surface area contributed by atoms with Crippen LogP contribution in [0.2, 0.25) is 0 Å². The second kappa shape index (κ2) is 7.62. The number of carbonyl (C=O) groups is 1. The standard InChI is InChI=1S/C20H31N5O2/c1-15(2)22-7-9-23(10-8-22)20(27)17-5-6-24(14-17)18-11-19(26)25(21-12-18)13-16-3-4-16/h11-12,15-17H,3-10,13-14H2,1-2H3. The van der Waals surface area contributed by atoms with E-state index in [0.717, 1.165) is 51.4 Å². The fourth-order valence-corrected chi connectivity index (χ4v) is 4.19. The summed E-state index contributed by atoms with van der Waals surface area (Å²) >= 11 is 0. The Morgan fingerprint density at radius 2 is 1.89 bits per heavy atom. The fourth-order valence-electron chi connectivity index (χ4n) is 4.19. The number of hydrogen-bond donors (Lipinski definition) is 0. The highest BCUT2D eigenvalue weighted by Gasteiger charge is 2.33. The van der Waals surface area contributed by atoms with Crippen molar-refractivity contribution in [2.75, 3.05) is 44.2 Å². The molecule has 3 fully saturated rings. The molecule has 0 spiro atoms. The molecule has 3 heterocycles. The highest BCUT2D eigenvalue weighted by molar-refractivity contribution is 5.80. The van der Waals surface area contributed by atoms with Gasteiger partial charge in [-0.3, -0.25) is 14.5 Å². The lowest BCUT2D eigenvalue weighted by Crippen LogP contribution is -2.52. The third-order valence-electron chi connectivity index (χ3n) is 6.24. The van der Waals surface area contributed by atoms with Gasteiger partial charge in [0.1, 0.15) is 0 Å². The molecule has 3 aliphatic rings. The number of carbonyl (C=O) groups excluding carboxylic acids is 1. The zero-order valence-corrected chi connectivity index (χ0v) is 16.5. The van der Waals surface area contributed by atoms with Gasteiger partial charge in [-0.1, -0.05) is 0 Å². The smallest absolute Gasteiger partial charge is 0.268 e. The molecular weight excluding hydrogens is 342 g/mol. The molecule has 1 atom stereocenters. The van der Waals surface area contributed by atoms with Crippen LogP contribution in [0.1, 0.15) is 33.1 Å². The molecule has 1 aliphatic carbocycles. The summed E-state index contributed by atoms with van der Waals surface area (Å²) in [6, 6.07) is 2.22. The topological polar surface area (TPSA) is 61.7 Å². The quantitative estimate of drug-likeness (QED) is 0.772. The SMILES string of the molecule is CC(C)N1CCN(C(=O)C2CCN(c3cnn(CC4CC4)c(=O)c3)C2)CC1. The van der Waals surface area contributed by atoms with Gasteiger partial charge >= 0.3 is 0 Å². The van der Waals surface area contributed by atoms with Gasteiger partial charge in [0, 0.05) is 57.9 Å². The first-order chi connectivity index (χ1) is 13.0. The highest BCUT2D eigenvalue weighted by Crippen LogP contribution is 2.30. The number of hydrogen-bond acceptors (Lipinski definition) is 5. The van der Waals surface area contributed by atoms with Crippen LogP contribution in [0.4, 0.5) is 5.69 Å². The van der Waals surface area contributed by atoms with Crippen molar-refractivity contribution in [3.05, 3.63) is 22.6 Å². The van der Waals surface area contributed by atoms with E-state index in [1.54, 1.807) is 16.9 Å². The summed E-state index contributed by atoms with van der Waals surface area (Å²) < 4.78 is 1.58. The minimum absolute atomic E-state index is 0.0287. The molecule has 27 heavy (non-hydrogen) atoms. The predicted molar refractivity (Wildman–Crippen MR) is 105 cm³/mol. The third kappa shape index (κ3) is 4.18. The number of piperazine rings is 1. The molecule has 1 saturated carbocycles. The average Bonchev–Trinajstić information content (AvgIpc) is 3.35. The minimum atomic E-state index is -0.0287. The molecule has 148 valence electrons. The molecule has 7 nitrogen and oxygen atoms in total. The van der Waals surface area contributed by atoms with Gasteiger partial charge in [0.05, 0.1) is 17.8 Å². The van der Waals surface area contributed by atoms with Gasteiger partial charge < -0.3 is 9.80 Å². The van der Waals surface area contributed by atoms with Crippen LogP contribution in [0, 0.1) is 11.8 Å². The van der Waals surface area contributed by atoms with E-state index in [1.807, 2.05) is 4.90 Å². The second-order valence-corrected chi connectivity index (χ2v) is 8.56. The molecule has 2 aliphatic heterocycles. The van der Waals surface area contributed by atoms with Crippen molar-refractivity contribution in [1.82, 2.24) is 19.6 Å². The Morgan fingerprint density at radius 3 is 2.52 bits per heavy atom. The molecule has 0 radical (unpaired) electrons. The number of rotatable bonds is 5. The summed E-state index contributed by atoms with van der Waals surface area (Å²) in [6.07, 6.45) is 5.06. The van der Waals surface area contributed by atoms with Crippen LogP contribution in [-0.2, 0) is 11.3 Å². The molecule has 0 aromatic carbocycles. The second-order valence-electron chi connectivity index (χ2n) is 8.56. The molecular formula is C20H31N5O2. The maximum absolute atomic E-state index is 12.9. The Kier molecular flexibility index (Phi) is 5.21. The van der Waals surface area contributed by atoms with Crippen LogP contribution in [0.3, 0.4) is 0 Å². The number of aromatic nitrogens is 2. The van der Waals surface area contributed by atoms with Crippen LogP contribution in [0.25, 0.3) is 0 Å². The largest absolute Gasteiger partial charge is 0.369 e. The lowest BCUT2D eigenvalue weighted by molar-refractivity contribution is -0.136. The molecule has 1 aromatic heterocycles. The summed E-state index contributed by atoms with van der Waals surface area (Å²) in [5.41, 5.74) is 0.825. The summed E-state index contributed by atoms with van der Waals surface area (Å²) in [6.45, 7) is 10.2. The first-order valence-electron chi connectivity index (χ1n) is 10.4. The van der Waals surface area contributed by atoms with Crippen molar-refractivity contribution in [1.29, 1.82) is 0 Å². The molecule has 1 amide bonds. The van der Waals surface area contributed by atoms with Crippen LogP contribution in [-0.4, -0.2) is 70.8 Å². The molecule has 2 saturated heterocycles. The maximum atomic E-state index is 12.9. The van der Waals surface area contributed by atoms with Crippen LogP contribution in [0.5, 0.6) is 0 Å². The van der Waals surface area contributed by atoms with Gasteiger partial charge in [-0.25, -0.2) is 4.68 Å². The van der Waals surface area contributed by atoms with Crippen molar-refractivity contribution in [2.45, 2.75) is 45.7 Å². The van der Waals surface area contributed by atoms with Crippen molar-refractivity contribution >= 4 is 11.6 Å². The summed E-state index contributed by atoms with van der Waals surface area (Å²) in [7, 11) is 0. The van der Waals surface area contributed by atoms with Gasteiger partial charge in [-0.05, 0) is 39.0 Å². The van der Waals surface area contributed by atoms with Crippen molar-refractivity contribution in [3.63, 3.8) is 0 Å². The van der Waals surface area contributed by atoms with Crippen LogP contribution >= 0.6 is 0 Å². The van der Waals surface area contributed by atoms with Gasteiger partial charge in [-0.15, -0.1) is 0 Å². The Labute approximate surface area is 160 Å². The van der Waals surface area contributed by atoms with E-state index < -0.39 is 0 Å². The summed E-state index contributed by atoms with van der Waals surface area (Å²) in [5.74, 6) is 0.937. The first kappa shape index (κ1) is 18.5. The van der Waals surface area contributed by atoms with E-state index in [1.165, 1.54) is 12.8 Å². The van der Waals surface area contributed by atoms with Crippen molar-refractivity contribution < 1.29 is 4.79 Å². The van der Waals surface area contributed by atoms with Crippen LogP contribution < -0.4 is 10.5 Å². The molecule has 0 N–H and O–H groups in total. The Balaban J connectivity index is 1.34. The molecule has 4 rings (SSSR count). The Hall–Kier alpha value is -1.89. The van der Waals surface area contributed by atoms with Gasteiger partial charge in [0.15, 0.2) is 0 Å². The first-order valence-corrected chi connectivity index (χ1v) is 10.4. The van der Waals surface area contributed by atoms with Gasteiger partial charge in [0.25, 0.3) is 5.56 Å². The minimum Gasteiger partial charge on any atom is -0.369 e. The van der Waals surface area contributed by atoms with Gasteiger partial charge in [-0.2, -0.15) is 5.10 Å². The van der Waals surface area contributed by atoms with Crippen molar-refractivity contribution in [3.8, 4) is 0 Å². The van der Waals surface area contributed by atoms with E-state index in [9.17, 15) is 9.59 Å². The normalized spacial score (nSPS) is 24.0. The van der Waals surface area contributed by atoms with E-state index in [-0.39, 0.29) is 17.4 Å². The Morgan fingerprint density at radius 1 is 1.15 bits per heavy atom. The summed E-state index contributed by atoms with van der Waals surface area (Å²) in [4.78, 5) is 31.8. The van der Waals surface area contributed by atoms with E-state index in [4.69, 9.17) is 0 Å². The summed E-state index contributed by atoms with van der Waals surface area (Å²) in [5, 5.41) is 4.35. The zero-order valence-electron chi connectivity index (χ0n) is 16.5. The third-order valence-corrected chi connectivity index (χ3v) is 6.24. The van der Waals surface area contributed by atoms with E-state index >= 15 is 0 Å². The molecule has 1 aromatic rings. The van der Waals surface area contributed by atoms with Gasteiger partial charge in [0.2, 0.25) is 5.91 Å². The lowest BCUT2D eigenvalue weighted by atomic mass is 10.1. The zero-order chi connectivity index (χ0) is 19.0. The number of nitrogens with zero attached hydrogens (tertiary/aromatic N) is 5. The monoisotopic (exact) mass is 373 g/mol. The highest BCUT2D eigenvalue weighted by atomic mass is 16.2. The van der Waals surface area contributed by atoms with E-state index in [0.29, 0.717) is 18.5 Å². The number of amides is 1. The Bertz CT molecular complexity index is 734. The van der Waals surface area contributed by atoms with E-state index in [2.05, 4.69) is 28.7 Å². The predicted octanol–water partition coefficient (Wildman–Crippen LogP) is 1.03. The van der Waals surface area contributed by atoms with Crippen molar-refractivity contribution in [2.24, 2.45) is 11.8 Å². The molecule has 0 bridgehead atoms.